The number of nitrogens with zero attached hydrogens (tertiary/aromatic N) is 1. The van der Waals surface area contributed by atoms with Gasteiger partial charge in [-0.2, -0.15) is 0 Å². The smallest absolute Gasteiger partial charge is 0.0393 e. The summed E-state index contributed by atoms with van der Waals surface area (Å²) >= 11 is 0. The van der Waals surface area contributed by atoms with Gasteiger partial charge in [-0.05, 0) is 55.2 Å². The van der Waals surface area contributed by atoms with Crippen LogP contribution >= 0.6 is 0 Å². The maximum Gasteiger partial charge on any atom is 0.0393 e. The molecule has 1 aliphatic carbocycles. The van der Waals surface area contributed by atoms with Crippen LogP contribution in [0.15, 0.2) is 18.2 Å². The Hall–Kier alpha value is -1.02. The number of anilines is 1. The van der Waals surface area contributed by atoms with E-state index >= 15 is 0 Å². The van der Waals surface area contributed by atoms with E-state index in [4.69, 9.17) is 5.73 Å². The van der Waals surface area contributed by atoms with Crippen molar-refractivity contribution in [3.05, 3.63) is 29.3 Å². The third-order valence-electron chi connectivity index (χ3n) is 4.48. The Kier molecular flexibility index (Phi) is 4.51. The minimum Gasteiger partial charge on any atom is -0.374 e. The van der Waals surface area contributed by atoms with Crippen LogP contribution < -0.4 is 10.6 Å². The van der Waals surface area contributed by atoms with Gasteiger partial charge in [-0.25, -0.2) is 0 Å². The van der Waals surface area contributed by atoms with Crippen LogP contribution in [0.5, 0.6) is 0 Å². The van der Waals surface area contributed by atoms with Crippen LogP contribution in [0, 0.1) is 18.8 Å². The van der Waals surface area contributed by atoms with E-state index in [9.17, 15) is 0 Å². The van der Waals surface area contributed by atoms with E-state index in [1.807, 2.05) is 0 Å². The van der Waals surface area contributed by atoms with Gasteiger partial charge in [0.05, 0.1) is 0 Å². The minimum absolute atomic E-state index is 0.287. The molecular weight excluding hydrogens is 232 g/mol. The molecule has 0 saturated heterocycles. The van der Waals surface area contributed by atoms with E-state index in [1.54, 1.807) is 0 Å². The second-order valence-corrected chi connectivity index (χ2v) is 6.35. The fraction of sp³-hybridized carbons (Fsp3) is 0.647. The van der Waals surface area contributed by atoms with E-state index in [0.717, 1.165) is 24.7 Å². The van der Waals surface area contributed by atoms with Gasteiger partial charge in [-0.1, -0.05) is 26.0 Å². The summed E-state index contributed by atoms with van der Waals surface area (Å²) in [6.45, 7) is 7.90. The average Bonchev–Trinajstić information content (AvgIpc) is 3.04. The zero-order valence-corrected chi connectivity index (χ0v) is 12.8. The van der Waals surface area contributed by atoms with E-state index in [2.05, 4.69) is 50.9 Å². The van der Waals surface area contributed by atoms with Gasteiger partial charge in [0.1, 0.15) is 0 Å². The first-order valence-electron chi connectivity index (χ1n) is 7.57. The van der Waals surface area contributed by atoms with Gasteiger partial charge in [0.15, 0.2) is 0 Å². The lowest BCUT2D eigenvalue weighted by molar-refractivity contribution is 0.646. The second-order valence-electron chi connectivity index (χ2n) is 6.35. The van der Waals surface area contributed by atoms with E-state index < -0.39 is 0 Å². The Balaban J connectivity index is 2.01. The molecule has 1 aliphatic rings. The van der Waals surface area contributed by atoms with E-state index in [1.165, 1.54) is 29.8 Å². The predicted octanol–water partition coefficient (Wildman–Crippen LogP) is 3.37. The molecule has 1 aromatic carbocycles. The molecule has 2 heteroatoms. The maximum absolute atomic E-state index is 6.03. The van der Waals surface area contributed by atoms with Gasteiger partial charge in [-0.3, -0.25) is 0 Å². The first-order valence-corrected chi connectivity index (χ1v) is 7.57. The molecule has 0 radical (unpaired) electrons. The predicted molar refractivity (Wildman–Crippen MR) is 83.7 cm³/mol. The van der Waals surface area contributed by atoms with Crippen molar-refractivity contribution >= 4 is 5.69 Å². The molecule has 3 unspecified atom stereocenters. The summed E-state index contributed by atoms with van der Waals surface area (Å²) in [7, 11) is 2.21. The van der Waals surface area contributed by atoms with Gasteiger partial charge >= 0.3 is 0 Å². The standard InChI is InChI=1S/C17H28N2/c1-5-16(18)10-14-6-7-17(13(3)8-14)19(4)11-15-9-12(15)2/h6-8,12,15-16H,5,9-11,18H2,1-4H3. The highest BCUT2D eigenvalue weighted by Crippen LogP contribution is 2.39. The van der Waals surface area contributed by atoms with Gasteiger partial charge in [0.2, 0.25) is 0 Å². The van der Waals surface area contributed by atoms with Crippen LogP contribution in [0.25, 0.3) is 0 Å². The van der Waals surface area contributed by atoms with Crippen LogP contribution in [0.2, 0.25) is 0 Å². The molecule has 0 aliphatic heterocycles. The Morgan fingerprint density at radius 3 is 2.63 bits per heavy atom. The van der Waals surface area contributed by atoms with E-state index in [-0.39, 0.29) is 6.04 Å². The Morgan fingerprint density at radius 1 is 1.42 bits per heavy atom. The van der Waals surface area contributed by atoms with Gasteiger partial charge in [0.25, 0.3) is 0 Å². The number of rotatable bonds is 6. The summed E-state index contributed by atoms with van der Waals surface area (Å²) in [4.78, 5) is 2.41. The number of nitrogens with two attached hydrogens (primary N) is 1. The minimum atomic E-state index is 0.287. The molecule has 2 nitrogen and oxygen atoms in total. The topological polar surface area (TPSA) is 29.3 Å². The molecule has 0 bridgehead atoms. The van der Waals surface area contributed by atoms with Gasteiger partial charge < -0.3 is 10.6 Å². The second kappa shape index (κ2) is 5.96. The summed E-state index contributed by atoms with van der Waals surface area (Å²) in [6, 6.07) is 7.10. The van der Waals surface area contributed by atoms with Crippen molar-refractivity contribution in [2.45, 2.75) is 46.1 Å². The van der Waals surface area contributed by atoms with Crippen molar-refractivity contribution in [3.63, 3.8) is 0 Å². The van der Waals surface area contributed by atoms with Crippen molar-refractivity contribution in [1.82, 2.24) is 0 Å². The SMILES string of the molecule is CCC(N)Cc1ccc(N(C)CC2CC2C)c(C)c1. The first-order chi connectivity index (χ1) is 9.01. The third kappa shape index (κ3) is 3.73. The monoisotopic (exact) mass is 260 g/mol. The van der Waals surface area contributed by atoms with Crippen molar-refractivity contribution in [3.8, 4) is 0 Å². The zero-order chi connectivity index (χ0) is 14.0. The molecule has 0 amide bonds. The lowest BCUT2D eigenvalue weighted by Gasteiger charge is -2.22. The maximum atomic E-state index is 6.03. The fourth-order valence-electron chi connectivity index (χ4n) is 2.82. The molecule has 106 valence electrons. The van der Waals surface area contributed by atoms with Crippen LogP contribution in [0.4, 0.5) is 5.69 Å². The molecule has 2 rings (SSSR count). The molecule has 1 fully saturated rings. The molecule has 0 spiro atoms. The Labute approximate surface area is 118 Å². The zero-order valence-electron chi connectivity index (χ0n) is 12.8. The van der Waals surface area contributed by atoms with Gasteiger partial charge in [-0.15, -0.1) is 0 Å². The molecule has 2 N–H and O–H groups in total. The molecule has 1 aromatic rings. The molecule has 0 heterocycles. The number of hydrogen-bond donors (Lipinski definition) is 1. The molecule has 3 atom stereocenters. The van der Waals surface area contributed by atoms with Crippen LogP contribution in [0.1, 0.15) is 37.8 Å². The molecule has 19 heavy (non-hydrogen) atoms. The van der Waals surface area contributed by atoms with Crippen molar-refractivity contribution < 1.29 is 0 Å². The first kappa shape index (κ1) is 14.4. The summed E-state index contributed by atoms with van der Waals surface area (Å²) < 4.78 is 0. The average molecular weight is 260 g/mol. The number of benzene rings is 1. The highest BCUT2D eigenvalue weighted by molar-refractivity contribution is 5.54. The molecular formula is C17H28N2. The molecule has 0 aromatic heterocycles. The van der Waals surface area contributed by atoms with Crippen LogP contribution in [-0.2, 0) is 6.42 Å². The number of hydrogen-bond acceptors (Lipinski definition) is 2. The van der Waals surface area contributed by atoms with Crippen molar-refractivity contribution in [2.75, 3.05) is 18.5 Å². The lowest BCUT2D eigenvalue weighted by Crippen LogP contribution is -2.23. The Morgan fingerprint density at radius 2 is 2.11 bits per heavy atom. The third-order valence-corrected chi connectivity index (χ3v) is 4.48. The largest absolute Gasteiger partial charge is 0.374 e. The van der Waals surface area contributed by atoms with Crippen molar-refractivity contribution in [2.24, 2.45) is 17.6 Å². The molecule has 1 saturated carbocycles. The van der Waals surface area contributed by atoms with Crippen LogP contribution in [-0.4, -0.2) is 19.6 Å². The highest BCUT2D eigenvalue weighted by Gasteiger charge is 2.33. The lowest BCUT2D eigenvalue weighted by atomic mass is 10.0. The fourth-order valence-corrected chi connectivity index (χ4v) is 2.82. The Bertz CT molecular complexity index is 427. The van der Waals surface area contributed by atoms with Gasteiger partial charge in [0, 0.05) is 25.3 Å². The summed E-state index contributed by atoms with van der Waals surface area (Å²) in [5.74, 6) is 1.82. The summed E-state index contributed by atoms with van der Waals surface area (Å²) in [5, 5.41) is 0. The quantitative estimate of drug-likeness (QED) is 0.849. The highest BCUT2D eigenvalue weighted by atomic mass is 15.1. The summed E-state index contributed by atoms with van der Waals surface area (Å²) in [5.41, 5.74) is 10.1. The van der Waals surface area contributed by atoms with E-state index in [0.29, 0.717) is 0 Å². The number of aryl methyl sites for hydroxylation is 1. The normalized spacial score (nSPS) is 23.2. The summed E-state index contributed by atoms with van der Waals surface area (Å²) in [6.07, 6.45) is 3.42. The van der Waals surface area contributed by atoms with Crippen molar-refractivity contribution in [1.29, 1.82) is 0 Å². The van der Waals surface area contributed by atoms with Crippen LogP contribution in [0.3, 0.4) is 0 Å².